The van der Waals surface area contributed by atoms with Crippen molar-refractivity contribution in [2.45, 2.75) is 38.2 Å². The van der Waals surface area contributed by atoms with E-state index >= 15 is 0 Å². The van der Waals surface area contributed by atoms with Crippen LogP contribution in [0.4, 0.5) is 0 Å². The van der Waals surface area contributed by atoms with Crippen LogP contribution >= 0.6 is 15.9 Å². The Kier molecular flexibility index (Phi) is 6.69. The summed E-state index contributed by atoms with van der Waals surface area (Å²) in [7, 11) is 0. The Morgan fingerprint density at radius 2 is 1.60 bits per heavy atom. The summed E-state index contributed by atoms with van der Waals surface area (Å²) in [6.07, 6.45) is 1.13. The Morgan fingerprint density at radius 1 is 0.943 bits per heavy atom. The minimum Gasteiger partial charge on any atom is -0.457 e. The Hall–Kier alpha value is -3.44. The number of ether oxygens (including phenoxy) is 1. The van der Waals surface area contributed by atoms with Gasteiger partial charge >= 0.3 is 5.97 Å². The molecule has 35 heavy (non-hydrogen) atoms. The number of carbonyl (C=O) groups excluding carboxylic acids is 2. The van der Waals surface area contributed by atoms with E-state index in [1.807, 2.05) is 79.7 Å². The largest absolute Gasteiger partial charge is 0.457 e. The molecule has 2 atom stereocenters. The van der Waals surface area contributed by atoms with Crippen molar-refractivity contribution in [1.29, 1.82) is 0 Å². The van der Waals surface area contributed by atoms with Gasteiger partial charge in [0.25, 0.3) is 0 Å². The maximum absolute atomic E-state index is 13.7. The number of hydrogen-bond donors (Lipinski definition) is 1. The molecule has 0 aromatic heterocycles. The Balaban J connectivity index is 1.53. The van der Waals surface area contributed by atoms with Gasteiger partial charge in [-0.25, -0.2) is 4.79 Å². The second-order valence-electron chi connectivity index (χ2n) is 9.01. The Bertz CT molecular complexity index is 1330. The van der Waals surface area contributed by atoms with Gasteiger partial charge < -0.3 is 10.1 Å². The van der Waals surface area contributed by atoms with Crippen LogP contribution in [0.1, 0.15) is 48.3 Å². The van der Waals surface area contributed by atoms with Gasteiger partial charge in [-0.2, -0.15) is 0 Å². The molecule has 1 aliphatic carbocycles. The van der Waals surface area contributed by atoms with Crippen molar-refractivity contribution >= 4 is 27.7 Å². The molecule has 3 aromatic carbocycles. The summed E-state index contributed by atoms with van der Waals surface area (Å²) in [5.41, 5.74) is 5.73. The molecule has 0 spiro atoms. The van der Waals surface area contributed by atoms with E-state index in [1.165, 1.54) is 0 Å². The van der Waals surface area contributed by atoms with Gasteiger partial charge in [0.05, 0.1) is 5.57 Å². The summed E-state index contributed by atoms with van der Waals surface area (Å²) >= 11 is 3.66. The lowest BCUT2D eigenvalue weighted by molar-refractivity contribution is -0.140. The number of esters is 1. The zero-order chi connectivity index (χ0) is 24.4. The standard InChI is InChI=1S/C30H26BrNO3/c1-19-27(30(34)35-18-20-10-4-2-5-11-20)28(23-14-8-9-15-24(23)31)29-25(32-19)16-22(17-26(29)33)21-12-6-3-7-13-21/h2-15,22,28,32H,16-18H2,1H3/t22-,28+/m1/s1. The van der Waals surface area contributed by atoms with Crippen LogP contribution in [-0.2, 0) is 20.9 Å². The first kappa shape index (κ1) is 23.3. The van der Waals surface area contributed by atoms with Crippen LogP contribution in [0.3, 0.4) is 0 Å². The fraction of sp³-hybridized carbons (Fsp3) is 0.200. The maximum Gasteiger partial charge on any atom is 0.337 e. The smallest absolute Gasteiger partial charge is 0.337 e. The van der Waals surface area contributed by atoms with E-state index in [1.54, 1.807) is 0 Å². The zero-order valence-corrected chi connectivity index (χ0v) is 21.0. The molecule has 5 heteroatoms. The lowest BCUT2D eigenvalue weighted by Crippen LogP contribution is -2.36. The molecule has 3 aromatic rings. The van der Waals surface area contributed by atoms with Crippen molar-refractivity contribution in [1.82, 2.24) is 5.32 Å². The number of ketones is 1. The number of allylic oxidation sites excluding steroid dienone is 3. The number of benzene rings is 3. The predicted molar refractivity (Wildman–Crippen MR) is 139 cm³/mol. The van der Waals surface area contributed by atoms with Crippen molar-refractivity contribution in [3.63, 3.8) is 0 Å². The van der Waals surface area contributed by atoms with Crippen LogP contribution in [0.25, 0.3) is 0 Å². The molecule has 1 heterocycles. The summed E-state index contributed by atoms with van der Waals surface area (Å²) in [4.78, 5) is 27.1. The molecule has 0 unspecified atom stereocenters. The van der Waals surface area contributed by atoms with E-state index in [0.717, 1.165) is 39.0 Å². The quantitative estimate of drug-likeness (QED) is 0.382. The summed E-state index contributed by atoms with van der Waals surface area (Å²) in [5, 5.41) is 3.42. The van der Waals surface area contributed by atoms with Crippen LogP contribution in [0, 0.1) is 0 Å². The summed E-state index contributed by atoms with van der Waals surface area (Å²) in [6, 6.07) is 27.5. The highest BCUT2D eigenvalue weighted by molar-refractivity contribution is 9.10. The Labute approximate surface area is 213 Å². The zero-order valence-electron chi connectivity index (χ0n) is 19.5. The molecule has 1 N–H and O–H groups in total. The first-order valence-corrected chi connectivity index (χ1v) is 12.6. The summed E-state index contributed by atoms with van der Waals surface area (Å²) in [5.74, 6) is -0.734. The summed E-state index contributed by atoms with van der Waals surface area (Å²) in [6.45, 7) is 2.07. The van der Waals surface area contributed by atoms with Gasteiger partial charge in [-0.3, -0.25) is 4.79 Å². The molecule has 0 bridgehead atoms. The number of Topliss-reactive ketones (excluding diaryl/α,β-unsaturated/α-hetero) is 1. The number of dihydropyridines is 1. The molecule has 0 saturated heterocycles. The molecule has 0 amide bonds. The first-order valence-electron chi connectivity index (χ1n) is 11.8. The number of halogens is 1. The lowest BCUT2D eigenvalue weighted by atomic mass is 9.72. The van der Waals surface area contributed by atoms with Gasteiger partial charge in [-0.15, -0.1) is 0 Å². The van der Waals surface area contributed by atoms with Gasteiger partial charge in [0, 0.05) is 33.8 Å². The normalized spacial score (nSPS) is 19.8. The van der Waals surface area contributed by atoms with Crippen LogP contribution in [0.5, 0.6) is 0 Å². The highest BCUT2D eigenvalue weighted by atomic mass is 79.9. The summed E-state index contributed by atoms with van der Waals surface area (Å²) < 4.78 is 6.61. The molecule has 176 valence electrons. The van der Waals surface area contributed by atoms with Crippen LogP contribution < -0.4 is 5.32 Å². The van der Waals surface area contributed by atoms with Gasteiger partial charge in [-0.1, -0.05) is 94.8 Å². The molecule has 5 rings (SSSR count). The van der Waals surface area contributed by atoms with Gasteiger partial charge in [0.1, 0.15) is 6.61 Å². The predicted octanol–water partition coefficient (Wildman–Crippen LogP) is 6.55. The number of nitrogens with one attached hydrogen (secondary N) is 1. The Morgan fingerprint density at radius 3 is 2.31 bits per heavy atom. The SMILES string of the molecule is CC1=C(C(=O)OCc2ccccc2)[C@H](c2ccccc2Br)C2=C(C[C@@H](c3ccccc3)CC2=O)N1. The van der Waals surface area contributed by atoms with E-state index in [2.05, 4.69) is 33.4 Å². The number of carbonyl (C=O) groups is 2. The highest BCUT2D eigenvalue weighted by Crippen LogP contribution is 2.47. The van der Waals surface area contributed by atoms with Crippen molar-refractivity contribution in [3.8, 4) is 0 Å². The first-order chi connectivity index (χ1) is 17.0. The molecular weight excluding hydrogens is 502 g/mol. The number of rotatable bonds is 5. The molecule has 4 nitrogen and oxygen atoms in total. The fourth-order valence-electron chi connectivity index (χ4n) is 5.09. The van der Waals surface area contributed by atoms with Crippen molar-refractivity contribution in [2.24, 2.45) is 0 Å². The minimum atomic E-state index is -0.491. The molecule has 0 fully saturated rings. The fourth-order valence-corrected chi connectivity index (χ4v) is 5.61. The monoisotopic (exact) mass is 527 g/mol. The van der Waals surface area contributed by atoms with Gasteiger partial charge in [0.2, 0.25) is 0 Å². The van der Waals surface area contributed by atoms with Crippen molar-refractivity contribution < 1.29 is 14.3 Å². The third kappa shape index (κ3) is 4.73. The van der Waals surface area contributed by atoms with E-state index in [0.29, 0.717) is 17.6 Å². The topological polar surface area (TPSA) is 55.4 Å². The van der Waals surface area contributed by atoms with Crippen LogP contribution in [-0.4, -0.2) is 11.8 Å². The minimum absolute atomic E-state index is 0.0641. The average molecular weight is 528 g/mol. The maximum atomic E-state index is 13.7. The number of hydrogen-bond acceptors (Lipinski definition) is 4. The molecular formula is C30H26BrNO3. The van der Waals surface area contributed by atoms with E-state index in [4.69, 9.17) is 4.74 Å². The molecule has 0 saturated carbocycles. The van der Waals surface area contributed by atoms with E-state index in [9.17, 15) is 9.59 Å². The van der Waals surface area contributed by atoms with E-state index < -0.39 is 11.9 Å². The third-order valence-corrected chi connectivity index (χ3v) is 7.47. The highest BCUT2D eigenvalue weighted by Gasteiger charge is 2.42. The van der Waals surface area contributed by atoms with E-state index in [-0.39, 0.29) is 18.3 Å². The third-order valence-electron chi connectivity index (χ3n) is 6.75. The molecule has 0 radical (unpaired) electrons. The average Bonchev–Trinajstić information content (AvgIpc) is 2.88. The van der Waals surface area contributed by atoms with Crippen molar-refractivity contribution in [2.75, 3.05) is 0 Å². The van der Waals surface area contributed by atoms with Crippen LogP contribution in [0.2, 0.25) is 0 Å². The second kappa shape index (κ2) is 10.0. The van der Waals surface area contributed by atoms with Crippen LogP contribution in [0.15, 0.2) is 112 Å². The molecule has 1 aliphatic heterocycles. The van der Waals surface area contributed by atoms with Crippen molar-refractivity contribution in [3.05, 3.63) is 129 Å². The molecule has 2 aliphatic rings. The van der Waals surface area contributed by atoms with Gasteiger partial charge in [-0.05, 0) is 42.0 Å². The lowest BCUT2D eigenvalue weighted by Gasteiger charge is -2.37. The second-order valence-corrected chi connectivity index (χ2v) is 9.87. The van der Waals surface area contributed by atoms with Gasteiger partial charge in [0.15, 0.2) is 5.78 Å².